The van der Waals surface area contributed by atoms with Crippen molar-refractivity contribution in [2.24, 2.45) is 0 Å². The van der Waals surface area contributed by atoms with Crippen LogP contribution in [0.15, 0.2) is 12.1 Å². The van der Waals surface area contributed by atoms with Crippen LogP contribution < -0.4 is 0 Å². The van der Waals surface area contributed by atoms with E-state index in [1.807, 2.05) is 32.9 Å². The number of hydrogen-bond acceptors (Lipinski definition) is 4. The third-order valence-corrected chi connectivity index (χ3v) is 2.91. The second kappa shape index (κ2) is 5.28. The topological polar surface area (TPSA) is 52.6 Å². The van der Waals surface area contributed by atoms with Gasteiger partial charge < -0.3 is 9.05 Å². The largest absolute Gasteiger partial charge is 0.390 e. The molecule has 1 aromatic rings. The minimum absolute atomic E-state index is 0.459. The van der Waals surface area contributed by atoms with Crippen LogP contribution in [0.25, 0.3) is 0 Å². The van der Waals surface area contributed by atoms with Crippen LogP contribution in [-0.4, -0.2) is 13.1 Å². The Morgan fingerprint density at radius 3 is 2.12 bits per heavy atom. The maximum Gasteiger partial charge on any atom is 0.369 e. The molecule has 0 amide bonds. The Morgan fingerprint density at radius 2 is 1.69 bits per heavy atom. The summed E-state index contributed by atoms with van der Waals surface area (Å²) in [6.45, 7) is 5.59. The molecule has 0 saturated heterocycles. The lowest BCUT2D eigenvalue weighted by Gasteiger charge is -2.09. The molecule has 88 valence electrons. The number of aryl methyl sites for hydroxylation is 3. The maximum atomic E-state index is 11.7. The highest BCUT2D eigenvalue weighted by molar-refractivity contribution is 7.34. The SMILES string of the molecule is CO[PH](=O)OC(=O)c1c(C)cc(C)cc1C. The van der Waals surface area contributed by atoms with Crippen LogP contribution in [-0.2, 0) is 13.6 Å². The monoisotopic (exact) mass is 242 g/mol. The second-order valence-electron chi connectivity index (χ2n) is 3.62. The van der Waals surface area contributed by atoms with Crippen molar-refractivity contribution in [1.82, 2.24) is 0 Å². The highest BCUT2D eigenvalue weighted by Crippen LogP contribution is 2.26. The first-order valence-corrected chi connectivity index (χ1v) is 6.06. The normalized spacial score (nSPS) is 12.2. The van der Waals surface area contributed by atoms with E-state index in [0.717, 1.165) is 16.7 Å². The van der Waals surface area contributed by atoms with Gasteiger partial charge in [-0.3, -0.25) is 0 Å². The molecular formula is C11H15O4P. The first kappa shape index (κ1) is 12.9. The van der Waals surface area contributed by atoms with E-state index >= 15 is 0 Å². The summed E-state index contributed by atoms with van der Waals surface area (Å²) in [7, 11) is -1.48. The molecule has 0 aromatic heterocycles. The van der Waals surface area contributed by atoms with Crippen LogP contribution in [0, 0.1) is 20.8 Å². The molecule has 0 aliphatic rings. The van der Waals surface area contributed by atoms with E-state index < -0.39 is 14.2 Å². The molecule has 0 radical (unpaired) electrons. The fraction of sp³-hybridized carbons (Fsp3) is 0.364. The average Bonchev–Trinajstić information content (AvgIpc) is 2.15. The highest BCUT2D eigenvalue weighted by Gasteiger charge is 2.16. The van der Waals surface area contributed by atoms with E-state index in [1.165, 1.54) is 7.11 Å². The molecule has 1 aromatic carbocycles. The second-order valence-corrected chi connectivity index (χ2v) is 4.73. The zero-order chi connectivity index (χ0) is 12.3. The lowest BCUT2D eigenvalue weighted by atomic mass is 10.0. The van der Waals surface area contributed by atoms with Gasteiger partial charge in [-0.05, 0) is 31.9 Å². The maximum absolute atomic E-state index is 11.7. The van der Waals surface area contributed by atoms with Crippen LogP contribution in [0.5, 0.6) is 0 Å². The van der Waals surface area contributed by atoms with E-state index in [-0.39, 0.29) is 0 Å². The summed E-state index contributed by atoms with van der Waals surface area (Å²) in [6, 6.07) is 3.77. The minimum atomic E-state index is -2.72. The number of benzene rings is 1. The molecule has 0 fully saturated rings. The van der Waals surface area contributed by atoms with Crippen molar-refractivity contribution in [2.75, 3.05) is 7.11 Å². The molecule has 0 heterocycles. The van der Waals surface area contributed by atoms with Crippen LogP contribution in [0.2, 0.25) is 0 Å². The van der Waals surface area contributed by atoms with Gasteiger partial charge in [0.1, 0.15) is 0 Å². The zero-order valence-corrected chi connectivity index (χ0v) is 10.8. The van der Waals surface area contributed by atoms with Crippen molar-refractivity contribution >= 4 is 14.2 Å². The number of rotatable bonds is 3. The van der Waals surface area contributed by atoms with Crippen molar-refractivity contribution in [3.63, 3.8) is 0 Å². The molecule has 0 aliphatic heterocycles. The highest BCUT2D eigenvalue weighted by atomic mass is 31.1. The summed E-state index contributed by atoms with van der Waals surface area (Å²) in [4.78, 5) is 11.7. The van der Waals surface area contributed by atoms with E-state index in [0.29, 0.717) is 5.56 Å². The first-order chi connectivity index (χ1) is 7.45. The number of hydrogen-bond donors (Lipinski definition) is 0. The molecule has 5 heteroatoms. The van der Waals surface area contributed by atoms with E-state index in [2.05, 4.69) is 9.05 Å². The Morgan fingerprint density at radius 1 is 1.19 bits per heavy atom. The van der Waals surface area contributed by atoms with Crippen LogP contribution >= 0.6 is 8.25 Å². The third-order valence-electron chi connectivity index (χ3n) is 2.22. The summed E-state index contributed by atoms with van der Waals surface area (Å²) in [5.41, 5.74) is 3.16. The summed E-state index contributed by atoms with van der Waals surface area (Å²) < 4.78 is 20.1. The van der Waals surface area contributed by atoms with Crippen molar-refractivity contribution in [2.45, 2.75) is 20.8 Å². The summed E-state index contributed by atoms with van der Waals surface area (Å²) >= 11 is 0. The molecule has 4 nitrogen and oxygen atoms in total. The lowest BCUT2D eigenvalue weighted by molar-refractivity contribution is 0.0722. The van der Waals surface area contributed by atoms with Crippen molar-refractivity contribution in [1.29, 1.82) is 0 Å². The first-order valence-electron chi connectivity index (χ1n) is 4.83. The minimum Gasteiger partial charge on any atom is -0.390 e. The van der Waals surface area contributed by atoms with Gasteiger partial charge in [0, 0.05) is 7.11 Å². The zero-order valence-electron chi connectivity index (χ0n) is 9.79. The Balaban J connectivity index is 3.04. The Bertz CT molecular complexity index is 417. The molecule has 0 spiro atoms. The molecule has 1 rings (SSSR count). The quantitative estimate of drug-likeness (QED) is 0.765. The van der Waals surface area contributed by atoms with E-state index in [4.69, 9.17) is 0 Å². The van der Waals surface area contributed by atoms with E-state index in [9.17, 15) is 9.36 Å². The molecule has 0 bridgehead atoms. The molecule has 0 N–H and O–H groups in total. The molecule has 16 heavy (non-hydrogen) atoms. The van der Waals surface area contributed by atoms with Crippen LogP contribution in [0.4, 0.5) is 0 Å². The Labute approximate surface area is 95.5 Å². The fourth-order valence-corrected chi connectivity index (χ4v) is 2.01. The Hall–Kier alpha value is -1.12. The molecule has 0 saturated carbocycles. The van der Waals surface area contributed by atoms with Gasteiger partial charge >= 0.3 is 14.2 Å². The predicted molar refractivity (Wildman–Crippen MR) is 62.1 cm³/mol. The summed E-state index contributed by atoms with van der Waals surface area (Å²) in [6.07, 6.45) is 0. The van der Waals surface area contributed by atoms with Gasteiger partial charge in [-0.15, -0.1) is 0 Å². The number of carbonyl (C=O) groups is 1. The van der Waals surface area contributed by atoms with Crippen LogP contribution in [0.3, 0.4) is 0 Å². The van der Waals surface area contributed by atoms with Gasteiger partial charge in [0.25, 0.3) is 0 Å². The van der Waals surface area contributed by atoms with Gasteiger partial charge in [-0.1, -0.05) is 17.7 Å². The van der Waals surface area contributed by atoms with Crippen LogP contribution in [0.1, 0.15) is 27.0 Å². The molecule has 1 atom stereocenters. The summed E-state index contributed by atoms with van der Waals surface area (Å²) in [5.74, 6) is -0.597. The van der Waals surface area contributed by atoms with Gasteiger partial charge in [0.15, 0.2) is 0 Å². The number of carbonyl (C=O) groups excluding carboxylic acids is 1. The van der Waals surface area contributed by atoms with Gasteiger partial charge in [0.2, 0.25) is 0 Å². The Kier molecular flexibility index (Phi) is 4.27. The smallest absolute Gasteiger partial charge is 0.369 e. The average molecular weight is 242 g/mol. The molecule has 0 aliphatic carbocycles. The third kappa shape index (κ3) is 2.94. The predicted octanol–water partition coefficient (Wildman–Crippen LogP) is 2.80. The van der Waals surface area contributed by atoms with Gasteiger partial charge in [-0.25, -0.2) is 9.36 Å². The van der Waals surface area contributed by atoms with Crippen molar-refractivity contribution in [3.8, 4) is 0 Å². The molecule has 1 unspecified atom stereocenters. The van der Waals surface area contributed by atoms with Gasteiger partial charge in [-0.2, -0.15) is 0 Å². The van der Waals surface area contributed by atoms with Crippen molar-refractivity contribution in [3.05, 3.63) is 34.4 Å². The van der Waals surface area contributed by atoms with E-state index in [1.54, 1.807) is 0 Å². The lowest BCUT2D eigenvalue weighted by Crippen LogP contribution is -2.06. The molecular weight excluding hydrogens is 227 g/mol. The standard InChI is InChI=1S/C11H15O4P/c1-7-5-8(2)10(9(3)6-7)11(12)15-16(13)14-4/h5-6,16H,1-4H3. The summed E-state index contributed by atoms with van der Waals surface area (Å²) in [5, 5.41) is 0. The van der Waals surface area contributed by atoms with Crippen molar-refractivity contribution < 1.29 is 18.4 Å². The fourth-order valence-electron chi connectivity index (χ4n) is 1.67. The van der Waals surface area contributed by atoms with Gasteiger partial charge in [0.05, 0.1) is 5.56 Å².